The Morgan fingerprint density at radius 3 is 2.55 bits per heavy atom. The van der Waals surface area contributed by atoms with E-state index in [4.69, 9.17) is 21.3 Å². The second-order valence-corrected chi connectivity index (χ2v) is 15.4. The van der Waals surface area contributed by atoms with Crippen molar-refractivity contribution in [1.29, 1.82) is 0 Å². The predicted octanol–water partition coefficient (Wildman–Crippen LogP) is 5.09. The Kier molecular flexibility index (Phi) is 7.33. The first kappa shape index (κ1) is 30.7. The van der Waals surface area contributed by atoms with Gasteiger partial charge in [0.2, 0.25) is 11.8 Å². The maximum Gasteiger partial charge on any atom is 0.317 e. The first-order chi connectivity index (χ1) is 22.6. The average Bonchev–Trinajstić information content (AvgIpc) is 3.88. The number of halogens is 1. The molecule has 2 aliphatic heterocycles. The molecular formula is C36H43ClN6O4. The van der Waals surface area contributed by atoms with Crippen molar-refractivity contribution >= 4 is 40.5 Å². The molecule has 8 rings (SSSR count). The highest BCUT2D eigenvalue weighted by atomic mass is 35.5. The van der Waals surface area contributed by atoms with E-state index in [1.807, 2.05) is 43.4 Å². The van der Waals surface area contributed by atoms with E-state index in [9.17, 15) is 14.4 Å². The number of hydrogen-bond acceptors (Lipinski definition) is 5. The quantitative estimate of drug-likeness (QED) is 0.255. The molecule has 3 aliphatic carbocycles. The van der Waals surface area contributed by atoms with Gasteiger partial charge in [0.1, 0.15) is 11.9 Å². The number of aromatic amines is 1. The second kappa shape index (κ2) is 11.2. The van der Waals surface area contributed by atoms with Crippen molar-refractivity contribution in [2.24, 2.45) is 10.8 Å². The minimum Gasteiger partial charge on any atom is -0.380 e. The second-order valence-electron chi connectivity index (χ2n) is 15.0. The molecular weight excluding hydrogens is 616 g/mol. The van der Waals surface area contributed by atoms with Gasteiger partial charge in [0.25, 0.3) is 0 Å². The number of rotatable bonds is 9. The minimum atomic E-state index is -0.921. The van der Waals surface area contributed by atoms with Gasteiger partial charge in [-0.25, -0.2) is 9.78 Å². The summed E-state index contributed by atoms with van der Waals surface area (Å²) in [5, 5.41) is 10.2. The average molecular weight is 659 g/mol. The first-order valence-electron chi connectivity index (χ1n) is 17.1. The first-order valence-corrected chi connectivity index (χ1v) is 17.4. The van der Waals surface area contributed by atoms with E-state index in [2.05, 4.69) is 33.9 Å². The molecule has 5 aliphatic rings. The SMILES string of the molecule is CN(C(=O)N[C@H](c1nc2ccc(C3(C(=O)N[C@H]4C(=O)NCC45CCC5)CCOC3)cc2[nH]1)[C@H](c1ccccc1Cl)C1(C)CC1)C1CC1. The molecule has 1 spiro atoms. The number of fused-ring (bicyclic) bond motifs is 1. The summed E-state index contributed by atoms with van der Waals surface area (Å²) < 4.78 is 5.85. The highest BCUT2D eigenvalue weighted by molar-refractivity contribution is 6.31. The molecule has 11 heteroatoms. The number of carbonyl (C=O) groups is 3. The van der Waals surface area contributed by atoms with Crippen LogP contribution < -0.4 is 16.0 Å². The van der Waals surface area contributed by atoms with Crippen LogP contribution in [0.5, 0.6) is 0 Å². The van der Waals surface area contributed by atoms with Crippen molar-refractivity contribution in [3.8, 4) is 0 Å². The number of amides is 4. The number of hydrogen-bond donors (Lipinski definition) is 4. The number of ether oxygens (including phenoxy) is 1. The minimum absolute atomic E-state index is 0.0567. The summed E-state index contributed by atoms with van der Waals surface area (Å²) in [5.74, 6) is 0.280. The number of benzene rings is 2. The Bertz CT molecular complexity index is 1740. The third-order valence-corrected chi connectivity index (χ3v) is 12.3. The van der Waals surface area contributed by atoms with Crippen LogP contribution in [0.15, 0.2) is 42.5 Å². The summed E-state index contributed by atoms with van der Waals surface area (Å²) in [7, 11) is 1.86. The van der Waals surface area contributed by atoms with Crippen LogP contribution >= 0.6 is 11.6 Å². The van der Waals surface area contributed by atoms with Crippen LogP contribution in [0.4, 0.5) is 4.79 Å². The lowest BCUT2D eigenvalue weighted by atomic mass is 9.65. The van der Waals surface area contributed by atoms with Crippen LogP contribution in [0, 0.1) is 10.8 Å². The van der Waals surface area contributed by atoms with Crippen molar-refractivity contribution in [1.82, 2.24) is 30.8 Å². The van der Waals surface area contributed by atoms with Crippen LogP contribution in [-0.2, 0) is 19.7 Å². The van der Waals surface area contributed by atoms with E-state index in [-0.39, 0.29) is 47.2 Å². The standard InChI is InChI=1S/C36H43ClN6O4/c1-34(14-15-34)27(23-6-3-4-7-24(23)37)28(41-33(46)43(2)22-9-10-22)30-39-25-11-8-21(18-26(25)40-30)36(16-17-47-20-36)32(45)42-29-31(44)38-19-35(29)12-5-13-35/h3-4,6-8,11,18,22,27-29H,5,9-10,12-17,19-20H2,1-2H3,(H,38,44)(H,39,40)(H,41,46)(H,42,45)/t27-,28-,29-,36?/m0/s1. The van der Waals surface area contributed by atoms with E-state index in [0.29, 0.717) is 30.4 Å². The van der Waals surface area contributed by atoms with Crippen LogP contribution in [-0.4, -0.2) is 71.6 Å². The zero-order valence-electron chi connectivity index (χ0n) is 27.0. The lowest BCUT2D eigenvalue weighted by Gasteiger charge is -2.42. The molecule has 0 bridgehead atoms. The van der Waals surface area contributed by atoms with Gasteiger partial charge in [0.05, 0.1) is 29.1 Å². The normalized spacial score (nSPS) is 26.8. The molecule has 4 N–H and O–H groups in total. The summed E-state index contributed by atoms with van der Waals surface area (Å²) in [4.78, 5) is 51.0. The summed E-state index contributed by atoms with van der Waals surface area (Å²) in [6.45, 7) is 3.58. The number of carbonyl (C=O) groups excluding carboxylic acids is 3. The Hall–Kier alpha value is -3.63. The summed E-state index contributed by atoms with van der Waals surface area (Å²) in [6.07, 6.45) is 7.54. The van der Waals surface area contributed by atoms with Gasteiger partial charge in [-0.3, -0.25) is 9.59 Å². The highest BCUT2D eigenvalue weighted by Crippen LogP contribution is 2.60. The molecule has 47 heavy (non-hydrogen) atoms. The van der Waals surface area contributed by atoms with Gasteiger partial charge in [-0.1, -0.05) is 49.2 Å². The number of urea groups is 1. The molecule has 4 atom stereocenters. The smallest absolute Gasteiger partial charge is 0.317 e. The molecule has 1 unspecified atom stereocenters. The van der Waals surface area contributed by atoms with Crippen LogP contribution in [0.2, 0.25) is 5.02 Å². The third kappa shape index (κ3) is 5.19. The van der Waals surface area contributed by atoms with Gasteiger partial charge in [-0.05, 0) is 79.7 Å². The molecule has 3 aromatic rings. The largest absolute Gasteiger partial charge is 0.380 e. The Morgan fingerprint density at radius 2 is 1.89 bits per heavy atom. The predicted molar refractivity (Wildman–Crippen MR) is 178 cm³/mol. The van der Waals surface area contributed by atoms with Crippen molar-refractivity contribution < 1.29 is 19.1 Å². The Balaban J connectivity index is 1.15. The van der Waals surface area contributed by atoms with Crippen LogP contribution in [0.3, 0.4) is 0 Å². The molecule has 248 valence electrons. The van der Waals surface area contributed by atoms with Gasteiger partial charge in [0.15, 0.2) is 0 Å². The zero-order chi connectivity index (χ0) is 32.6. The van der Waals surface area contributed by atoms with Crippen molar-refractivity contribution in [3.05, 3.63) is 64.4 Å². The summed E-state index contributed by atoms with van der Waals surface area (Å²) in [6, 6.07) is 12.9. The van der Waals surface area contributed by atoms with E-state index in [1.54, 1.807) is 4.90 Å². The summed E-state index contributed by atoms with van der Waals surface area (Å²) >= 11 is 6.83. The fourth-order valence-corrected chi connectivity index (χ4v) is 8.52. The van der Waals surface area contributed by atoms with E-state index in [0.717, 1.165) is 67.1 Å². The maximum absolute atomic E-state index is 14.1. The molecule has 3 heterocycles. The van der Waals surface area contributed by atoms with Crippen LogP contribution in [0.25, 0.3) is 11.0 Å². The molecule has 3 saturated carbocycles. The molecule has 5 fully saturated rings. The van der Waals surface area contributed by atoms with Gasteiger partial charge in [0, 0.05) is 42.6 Å². The third-order valence-electron chi connectivity index (χ3n) is 12.0. The van der Waals surface area contributed by atoms with E-state index < -0.39 is 17.5 Å². The molecule has 1 aromatic heterocycles. The van der Waals surface area contributed by atoms with Crippen molar-refractivity contribution in [2.45, 2.75) is 87.7 Å². The van der Waals surface area contributed by atoms with Gasteiger partial charge < -0.3 is 30.6 Å². The number of imidazole rings is 1. The van der Waals surface area contributed by atoms with Crippen LogP contribution in [0.1, 0.15) is 87.2 Å². The Labute approximate surface area is 279 Å². The van der Waals surface area contributed by atoms with Gasteiger partial charge in [-0.15, -0.1) is 0 Å². The monoisotopic (exact) mass is 658 g/mol. The summed E-state index contributed by atoms with van der Waals surface area (Å²) in [5.41, 5.74) is 2.18. The van der Waals surface area contributed by atoms with E-state index >= 15 is 0 Å². The highest BCUT2D eigenvalue weighted by Gasteiger charge is 2.55. The van der Waals surface area contributed by atoms with Crippen molar-refractivity contribution in [2.75, 3.05) is 26.8 Å². The van der Waals surface area contributed by atoms with E-state index in [1.165, 1.54) is 0 Å². The molecule has 2 aromatic carbocycles. The maximum atomic E-state index is 14.1. The number of nitrogens with one attached hydrogen (secondary N) is 4. The Morgan fingerprint density at radius 1 is 1.11 bits per heavy atom. The molecule has 4 amide bonds. The molecule has 10 nitrogen and oxygen atoms in total. The lowest BCUT2D eigenvalue weighted by Crippen LogP contribution is -2.57. The topological polar surface area (TPSA) is 128 Å². The number of aromatic nitrogens is 2. The lowest BCUT2D eigenvalue weighted by molar-refractivity contribution is -0.133. The van der Waals surface area contributed by atoms with Gasteiger partial charge in [-0.2, -0.15) is 0 Å². The molecule has 0 radical (unpaired) electrons. The fraction of sp³-hybridized carbons (Fsp3) is 0.556. The molecule has 2 saturated heterocycles. The zero-order valence-corrected chi connectivity index (χ0v) is 27.8. The number of nitrogens with zero attached hydrogens (tertiary/aromatic N) is 2. The fourth-order valence-electron chi connectivity index (χ4n) is 8.27. The number of H-pyrrole nitrogens is 1. The van der Waals surface area contributed by atoms with Gasteiger partial charge >= 0.3 is 6.03 Å². The van der Waals surface area contributed by atoms with Crippen molar-refractivity contribution in [3.63, 3.8) is 0 Å².